The molecule has 0 amide bonds. The van der Waals surface area contributed by atoms with Gasteiger partial charge in [-0.1, -0.05) is 43.3 Å². The number of rotatable bonds is 5. The Morgan fingerprint density at radius 3 is 2.53 bits per heavy atom. The molecule has 0 aliphatic carbocycles. The average molecular weight is 255 g/mol. The van der Waals surface area contributed by atoms with Crippen molar-refractivity contribution < 1.29 is 9.53 Å². The first kappa shape index (κ1) is 13.3. The number of aromatic nitrogens is 1. The maximum absolute atomic E-state index is 11.3. The third-order valence-corrected chi connectivity index (χ3v) is 2.77. The Balaban J connectivity index is 1.97. The number of esters is 1. The fourth-order valence-electron chi connectivity index (χ4n) is 1.74. The quantitative estimate of drug-likeness (QED) is 0.766. The van der Waals surface area contributed by atoms with Crippen molar-refractivity contribution >= 4 is 5.97 Å². The van der Waals surface area contributed by atoms with E-state index in [2.05, 4.69) is 4.98 Å². The molecule has 0 fully saturated rings. The van der Waals surface area contributed by atoms with Crippen molar-refractivity contribution in [3.05, 3.63) is 54.4 Å². The van der Waals surface area contributed by atoms with E-state index >= 15 is 0 Å². The fraction of sp³-hybridized carbons (Fsp3) is 0.250. The second-order valence-corrected chi connectivity index (χ2v) is 4.31. The Bertz CT molecular complexity index is 520. The van der Waals surface area contributed by atoms with Crippen molar-refractivity contribution in [2.45, 2.75) is 26.4 Å². The van der Waals surface area contributed by atoms with Gasteiger partial charge < -0.3 is 4.74 Å². The van der Waals surface area contributed by atoms with Crippen LogP contribution in [-0.4, -0.2) is 11.0 Å². The highest BCUT2D eigenvalue weighted by atomic mass is 16.5. The van der Waals surface area contributed by atoms with E-state index in [-0.39, 0.29) is 12.6 Å². The molecule has 19 heavy (non-hydrogen) atoms. The first-order valence-electron chi connectivity index (χ1n) is 6.45. The molecule has 0 spiro atoms. The van der Waals surface area contributed by atoms with Gasteiger partial charge in [-0.25, -0.2) is 0 Å². The van der Waals surface area contributed by atoms with Gasteiger partial charge in [0.1, 0.15) is 6.61 Å². The largest absolute Gasteiger partial charge is 0.459 e. The SMILES string of the molecule is CCCC(=O)OCc1ccc(-c2ccccc2)cn1. The third kappa shape index (κ3) is 3.91. The Kier molecular flexibility index (Phi) is 4.67. The smallest absolute Gasteiger partial charge is 0.306 e. The Morgan fingerprint density at radius 2 is 1.89 bits per heavy atom. The van der Waals surface area contributed by atoms with E-state index < -0.39 is 0 Å². The number of hydrogen-bond donors (Lipinski definition) is 0. The van der Waals surface area contributed by atoms with E-state index in [1.807, 2.05) is 49.4 Å². The zero-order valence-electron chi connectivity index (χ0n) is 11.0. The minimum Gasteiger partial charge on any atom is -0.459 e. The highest BCUT2D eigenvalue weighted by Crippen LogP contribution is 2.17. The first-order chi connectivity index (χ1) is 9.29. The number of pyridine rings is 1. The van der Waals surface area contributed by atoms with Gasteiger partial charge in [-0.15, -0.1) is 0 Å². The Hall–Kier alpha value is -2.16. The lowest BCUT2D eigenvalue weighted by Gasteiger charge is -2.05. The summed E-state index contributed by atoms with van der Waals surface area (Å²) in [4.78, 5) is 15.6. The van der Waals surface area contributed by atoms with Gasteiger partial charge in [-0.2, -0.15) is 0 Å². The monoisotopic (exact) mass is 255 g/mol. The number of hydrogen-bond acceptors (Lipinski definition) is 3. The second-order valence-electron chi connectivity index (χ2n) is 4.31. The Labute approximate surface area is 113 Å². The molecule has 1 aromatic carbocycles. The van der Waals surface area contributed by atoms with Gasteiger partial charge >= 0.3 is 5.97 Å². The molecular formula is C16H17NO2. The van der Waals surface area contributed by atoms with Gasteiger partial charge in [-0.3, -0.25) is 9.78 Å². The summed E-state index contributed by atoms with van der Waals surface area (Å²) in [6.45, 7) is 2.20. The van der Waals surface area contributed by atoms with Crippen LogP contribution in [0.2, 0.25) is 0 Å². The predicted octanol–water partition coefficient (Wildman–Crippen LogP) is 3.59. The van der Waals surface area contributed by atoms with Crippen LogP contribution < -0.4 is 0 Å². The highest BCUT2D eigenvalue weighted by molar-refractivity contribution is 5.69. The molecule has 0 N–H and O–H groups in total. The molecule has 1 heterocycles. The van der Waals surface area contributed by atoms with Crippen LogP contribution in [0, 0.1) is 0 Å². The summed E-state index contributed by atoms with van der Waals surface area (Å²) in [5.41, 5.74) is 2.96. The van der Waals surface area contributed by atoms with Crippen molar-refractivity contribution in [3.63, 3.8) is 0 Å². The molecule has 0 aliphatic rings. The number of ether oxygens (including phenoxy) is 1. The molecule has 1 aromatic heterocycles. The van der Waals surface area contributed by atoms with Gasteiger partial charge in [0.05, 0.1) is 5.69 Å². The van der Waals surface area contributed by atoms with Crippen molar-refractivity contribution in [1.82, 2.24) is 4.98 Å². The average Bonchev–Trinajstić information content (AvgIpc) is 2.47. The van der Waals surface area contributed by atoms with Crippen LogP contribution in [0.15, 0.2) is 48.7 Å². The van der Waals surface area contributed by atoms with Gasteiger partial charge in [0.15, 0.2) is 0 Å². The summed E-state index contributed by atoms with van der Waals surface area (Å²) in [6.07, 6.45) is 3.07. The van der Waals surface area contributed by atoms with Crippen LogP contribution in [0.3, 0.4) is 0 Å². The lowest BCUT2D eigenvalue weighted by atomic mass is 10.1. The summed E-state index contributed by atoms with van der Waals surface area (Å²) in [6, 6.07) is 13.9. The van der Waals surface area contributed by atoms with E-state index in [1.54, 1.807) is 6.20 Å². The van der Waals surface area contributed by atoms with E-state index in [9.17, 15) is 4.79 Å². The van der Waals surface area contributed by atoms with Crippen molar-refractivity contribution in [1.29, 1.82) is 0 Å². The molecule has 2 aromatic rings. The van der Waals surface area contributed by atoms with E-state index in [0.717, 1.165) is 23.2 Å². The molecule has 3 heteroatoms. The molecule has 0 saturated heterocycles. The van der Waals surface area contributed by atoms with Crippen LogP contribution in [0.1, 0.15) is 25.5 Å². The first-order valence-corrected chi connectivity index (χ1v) is 6.45. The van der Waals surface area contributed by atoms with Crippen molar-refractivity contribution in [2.75, 3.05) is 0 Å². The van der Waals surface area contributed by atoms with E-state index in [0.29, 0.717) is 6.42 Å². The summed E-state index contributed by atoms with van der Waals surface area (Å²) >= 11 is 0. The topological polar surface area (TPSA) is 39.2 Å². The molecular weight excluding hydrogens is 238 g/mol. The number of nitrogens with zero attached hydrogens (tertiary/aromatic N) is 1. The summed E-state index contributed by atoms with van der Waals surface area (Å²) in [5.74, 6) is -0.170. The van der Waals surface area contributed by atoms with Crippen LogP contribution >= 0.6 is 0 Å². The summed E-state index contributed by atoms with van der Waals surface area (Å²) in [7, 11) is 0. The molecule has 0 atom stereocenters. The molecule has 3 nitrogen and oxygen atoms in total. The van der Waals surface area contributed by atoms with Crippen LogP contribution in [-0.2, 0) is 16.1 Å². The normalized spacial score (nSPS) is 10.2. The zero-order chi connectivity index (χ0) is 13.5. The minimum atomic E-state index is -0.170. The van der Waals surface area contributed by atoms with E-state index in [1.165, 1.54) is 0 Å². The van der Waals surface area contributed by atoms with E-state index in [4.69, 9.17) is 4.74 Å². The van der Waals surface area contributed by atoms with Gasteiger partial charge in [-0.05, 0) is 18.1 Å². The van der Waals surface area contributed by atoms with Crippen molar-refractivity contribution in [2.24, 2.45) is 0 Å². The van der Waals surface area contributed by atoms with Crippen LogP contribution in [0.4, 0.5) is 0 Å². The zero-order valence-corrected chi connectivity index (χ0v) is 11.0. The molecule has 0 saturated carbocycles. The number of benzene rings is 1. The molecule has 0 aliphatic heterocycles. The lowest BCUT2D eigenvalue weighted by molar-refractivity contribution is -0.145. The minimum absolute atomic E-state index is 0.170. The maximum atomic E-state index is 11.3. The Morgan fingerprint density at radius 1 is 1.11 bits per heavy atom. The van der Waals surface area contributed by atoms with Gasteiger partial charge in [0, 0.05) is 18.2 Å². The third-order valence-electron chi connectivity index (χ3n) is 2.77. The van der Waals surface area contributed by atoms with Crippen molar-refractivity contribution in [3.8, 4) is 11.1 Å². The lowest BCUT2D eigenvalue weighted by Crippen LogP contribution is -2.04. The standard InChI is InChI=1S/C16H17NO2/c1-2-6-16(18)19-12-15-10-9-14(11-17-15)13-7-4-3-5-8-13/h3-5,7-11H,2,6,12H2,1H3. The molecule has 2 rings (SSSR count). The maximum Gasteiger partial charge on any atom is 0.306 e. The second kappa shape index (κ2) is 6.69. The van der Waals surface area contributed by atoms with Crippen LogP contribution in [0.5, 0.6) is 0 Å². The highest BCUT2D eigenvalue weighted by Gasteiger charge is 2.03. The van der Waals surface area contributed by atoms with Crippen LogP contribution in [0.25, 0.3) is 11.1 Å². The molecule has 0 unspecified atom stereocenters. The summed E-state index contributed by atoms with van der Waals surface area (Å²) < 4.78 is 5.11. The predicted molar refractivity (Wildman–Crippen MR) is 74.4 cm³/mol. The molecule has 0 bridgehead atoms. The number of carbonyl (C=O) groups excluding carboxylic acids is 1. The van der Waals surface area contributed by atoms with Gasteiger partial charge in [0.25, 0.3) is 0 Å². The fourth-order valence-corrected chi connectivity index (χ4v) is 1.74. The summed E-state index contributed by atoms with van der Waals surface area (Å²) in [5, 5.41) is 0. The molecule has 98 valence electrons. The number of carbonyl (C=O) groups is 1. The van der Waals surface area contributed by atoms with Gasteiger partial charge in [0.2, 0.25) is 0 Å². The molecule has 0 radical (unpaired) electrons.